The van der Waals surface area contributed by atoms with E-state index in [4.69, 9.17) is 13.6 Å². The summed E-state index contributed by atoms with van der Waals surface area (Å²) in [5, 5.41) is 4.05. The Labute approximate surface area is 214 Å². The highest BCUT2D eigenvalue weighted by Gasteiger charge is 2.15. The Hall–Kier alpha value is -1.38. The van der Waals surface area contributed by atoms with Crippen LogP contribution >= 0.6 is 8.60 Å². The summed E-state index contributed by atoms with van der Waals surface area (Å²) in [5.74, 6) is 0. The van der Waals surface area contributed by atoms with Gasteiger partial charge in [0.15, 0.2) is 0 Å². The van der Waals surface area contributed by atoms with Gasteiger partial charge in [0, 0.05) is 18.7 Å². The van der Waals surface area contributed by atoms with Crippen molar-refractivity contribution in [2.45, 2.75) is 41.5 Å². The van der Waals surface area contributed by atoms with Crippen LogP contribution in [-0.4, -0.2) is 47.2 Å². The zero-order valence-electron chi connectivity index (χ0n) is 21.0. The number of benzene rings is 3. The Bertz CT molecular complexity index is 954. The number of hydrogen-bond acceptors (Lipinski definition) is 3. The number of rotatable bonds is 12. The Morgan fingerprint density at radius 2 is 0.794 bits per heavy atom. The van der Waals surface area contributed by atoms with E-state index in [0.29, 0.717) is 47.2 Å². The third kappa shape index (κ3) is 7.82. The highest BCUT2D eigenvalue weighted by atomic mass is 31.2. The molecule has 34 heavy (non-hydrogen) atoms. The van der Waals surface area contributed by atoms with E-state index in [-0.39, 0.29) is 0 Å². The van der Waals surface area contributed by atoms with Crippen molar-refractivity contribution in [3.63, 3.8) is 0 Å². The van der Waals surface area contributed by atoms with Gasteiger partial charge in [-0.3, -0.25) is 0 Å². The molecule has 3 aromatic carbocycles. The van der Waals surface area contributed by atoms with Gasteiger partial charge < -0.3 is 13.6 Å². The molecule has 3 nitrogen and oxygen atoms in total. The van der Waals surface area contributed by atoms with Gasteiger partial charge in [0.25, 0.3) is 0 Å². The Balaban J connectivity index is 1.57. The molecule has 0 aliphatic heterocycles. The molecule has 0 saturated carbocycles. The van der Waals surface area contributed by atoms with Gasteiger partial charge in [-0.05, 0) is 74.9 Å². The summed E-state index contributed by atoms with van der Waals surface area (Å²) in [4.78, 5) is 0. The maximum absolute atomic E-state index is 6.17. The zero-order chi connectivity index (χ0) is 24.5. The summed E-state index contributed by atoms with van der Waals surface area (Å²) in [6, 6.07) is 19.4. The second kappa shape index (κ2) is 13.6. The van der Waals surface area contributed by atoms with Crippen LogP contribution in [0.4, 0.5) is 0 Å². The molecule has 0 unspecified atom stereocenters. The SMILES string of the molecule is Cc1cccc([Si]COP(OC[Si]c2cccc(C)c2C)OC[Si]c2cccc(C)c2C)c1C. The first-order valence-electron chi connectivity index (χ1n) is 11.5. The zero-order valence-corrected chi connectivity index (χ0v) is 24.9. The van der Waals surface area contributed by atoms with E-state index in [9.17, 15) is 0 Å². The van der Waals surface area contributed by atoms with E-state index in [0.717, 1.165) is 0 Å². The third-order valence-electron chi connectivity index (χ3n) is 6.11. The van der Waals surface area contributed by atoms with Gasteiger partial charge in [0.05, 0.1) is 0 Å². The fraction of sp³-hybridized carbons (Fsp3) is 0.333. The lowest BCUT2D eigenvalue weighted by Crippen LogP contribution is -2.25. The van der Waals surface area contributed by atoms with Crippen molar-refractivity contribution in [2.24, 2.45) is 0 Å². The Kier molecular flexibility index (Phi) is 10.9. The van der Waals surface area contributed by atoms with Gasteiger partial charge in [-0.2, -0.15) is 0 Å². The maximum Gasteiger partial charge on any atom is 0.331 e. The smallest absolute Gasteiger partial charge is 0.316 e. The molecular weight excluding hydrogens is 488 g/mol. The van der Waals surface area contributed by atoms with Gasteiger partial charge in [-0.25, -0.2) is 0 Å². The van der Waals surface area contributed by atoms with Crippen molar-refractivity contribution in [1.82, 2.24) is 0 Å². The fourth-order valence-corrected chi connectivity index (χ4v) is 8.19. The first-order valence-corrected chi connectivity index (χ1v) is 16.2. The van der Waals surface area contributed by atoms with E-state index in [1.807, 2.05) is 0 Å². The molecule has 0 aliphatic carbocycles. The fourth-order valence-electron chi connectivity index (χ4n) is 3.43. The summed E-state index contributed by atoms with van der Waals surface area (Å²) < 4.78 is 18.5. The highest BCUT2D eigenvalue weighted by molar-refractivity contribution is 7.41. The van der Waals surface area contributed by atoms with Crippen molar-refractivity contribution in [2.75, 3.05) is 18.7 Å². The molecule has 0 aliphatic rings. The minimum absolute atomic E-state index is 0.579. The lowest BCUT2D eigenvalue weighted by atomic mass is 10.1. The molecular formula is C27H33O3PSi3. The van der Waals surface area contributed by atoms with Crippen LogP contribution in [0.5, 0.6) is 0 Å². The number of hydrogen-bond donors (Lipinski definition) is 0. The average molecular weight is 521 g/mol. The van der Waals surface area contributed by atoms with E-state index < -0.39 is 8.60 Å². The maximum atomic E-state index is 6.17. The van der Waals surface area contributed by atoms with Crippen LogP contribution in [0.3, 0.4) is 0 Å². The first kappa shape index (κ1) is 27.2. The van der Waals surface area contributed by atoms with Crippen LogP contribution in [0.15, 0.2) is 54.6 Å². The molecule has 0 N–H and O–H groups in total. The van der Waals surface area contributed by atoms with Gasteiger partial charge in [-0.15, -0.1) is 0 Å². The van der Waals surface area contributed by atoms with E-state index >= 15 is 0 Å². The molecule has 0 aromatic heterocycles. The van der Waals surface area contributed by atoms with Crippen LogP contribution in [0.25, 0.3) is 0 Å². The quantitative estimate of drug-likeness (QED) is 0.266. The molecule has 3 rings (SSSR count). The number of aryl methyl sites for hydroxylation is 3. The second-order valence-electron chi connectivity index (χ2n) is 8.32. The van der Waals surface area contributed by atoms with Crippen LogP contribution in [0.1, 0.15) is 33.4 Å². The van der Waals surface area contributed by atoms with E-state index in [2.05, 4.69) is 96.1 Å². The minimum atomic E-state index is -1.38. The second-order valence-corrected chi connectivity index (χ2v) is 13.1. The van der Waals surface area contributed by atoms with Crippen LogP contribution in [0.2, 0.25) is 0 Å². The van der Waals surface area contributed by atoms with Crippen molar-refractivity contribution in [1.29, 1.82) is 0 Å². The topological polar surface area (TPSA) is 27.7 Å². The van der Waals surface area contributed by atoms with Crippen molar-refractivity contribution < 1.29 is 13.6 Å². The predicted molar refractivity (Wildman–Crippen MR) is 149 cm³/mol. The summed E-state index contributed by atoms with van der Waals surface area (Å²) >= 11 is 0. The molecule has 0 heterocycles. The van der Waals surface area contributed by atoms with Gasteiger partial charge in [0.1, 0.15) is 28.6 Å². The van der Waals surface area contributed by atoms with E-state index in [1.165, 1.54) is 48.9 Å². The molecule has 3 aromatic rings. The molecule has 0 atom stereocenters. The van der Waals surface area contributed by atoms with Gasteiger partial charge >= 0.3 is 8.60 Å². The lowest BCUT2D eigenvalue weighted by molar-refractivity contribution is 0.213. The molecule has 6 radical (unpaired) electrons. The summed E-state index contributed by atoms with van der Waals surface area (Å²) in [6.07, 6.45) is 1.86. The average Bonchev–Trinajstić information content (AvgIpc) is 2.82. The lowest BCUT2D eigenvalue weighted by Gasteiger charge is -2.18. The largest absolute Gasteiger partial charge is 0.331 e. The predicted octanol–water partition coefficient (Wildman–Crippen LogP) is 4.08. The van der Waals surface area contributed by atoms with Crippen LogP contribution in [-0.2, 0) is 13.6 Å². The molecule has 0 spiro atoms. The first-order chi connectivity index (χ1) is 16.4. The normalized spacial score (nSPS) is 11.4. The molecule has 0 fully saturated rings. The highest BCUT2D eigenvalue weighted by Crippen LogP contribution is 2.38. The van der Waals surface area contributed by atoms with Crippen molar-refractivity contribution in [3.05, 3.63) is 88.0 Å². The summed E-state index contributed by atoms with van der Waals surface area (Å²) in [7, 11) is 0.358. The molecule has 176 valence electrons. The van der Waals surface area contributed by atoms with Gasteiger partial charge in [0.2, 0.25) is 0 Å². The van der Waals surface area contributed by atoms with Crippen LogP contribution < -0.4 is 15.6 Å². The minimum Gasteiger partial charge on any atom is -0.316 e. The standard InChI is InChI=1S/C27H33O3PSi3/c1-19-10-7-13-25(22(19)4)32-16-28-31(29-17-33-26-14-8-11-20(2)23(26)5)30-18-34-27-15-9-12-21(3)24(27)6/h7-15H,16-18H2,1-6H3. The monoisotopic (exact) mass is 520 g/mol. The van der Waals surface area contributed by atoms with Crippen molar-refractivity contribution in [3.8, 4) is 0 Å². The Morgan fingerprint density at radius 1 is 0.500 bits per heavy atom. The molecule has 7 heteroatoms. The van der Waals surface area contributed by atoms with E-state index in [1.54, 1.807) is 0 Å². The van der Waals surface area contributed by atoms with Crippen LogP contribution in [0, 0.1) is 41.5 Å². The molecule has 0 saturated heterocycles. The summed E-state index contributed by atoms with van der Waals surface area (Å²) in [6.45, 7) is 13.0. The molecule has 0 amide bonds. The van der Waals surface area contributed by atoms with Crippen molar-refractivity contribution >= 4 is 52.7 Å². The summed E-state index contributed by atoms with van der Waals surface area (Å²) in [5.41, 5.74) is 8.02. The Morgan fingerprint density at radius 3 is 1.09 bits per heavy atom. The third-order valence-corrected chi connectivity index (χ3v) is 11.5. The van der Waals surface area contributed by atoms with Gasteiger partial charge in [-0.1, -0.05) is 70.2 Å². The molecule has 0 bridgehead atoms.